The van der Waals surface area contributed by atoms with E-state index in [2.05, 4.69) is 15.1 Å². The molecule has 3 heterocycles. The molecule has 4 rings (SSSR count). The molecule has 7 nitrogen and oxygen atoms in total. The highest BCUT2D eigenvalue weighted by molar-refractivity contribution is 6.10. The zero-order valence-corrected chi connectivity index (χ0v) is 15.9. The fourth-order valence-electron chi connectivity index (χ4n) is 3.34. The van der Waals surface area contributed by atoms with Crippen molar-refractivity contribution in [1.82, 2.24) is 24.6 Å². The van der Waals surface area contributed by atoms with Gasteiger partial charge in [0.25, 0.3) is 5.91 Å². The number of carbonyl (C=O) groups excluding carboxylic acids is 1. The van der Waals surface area contributed by atoms with Crippen LogP contribution in [0.4, 0.5) is 14.6 Å². The summed E-state index contributed by atoms with van der Waals surface area (Å²) in [6.45, 7) is 2.24. The van der Waals surface area contributed by atoms with Crippen LogP contribution in [-0.2, 0) is 13.6 Å². The van der Waals surface area contributed by atoms with Crippen molar-refractivity contribution >= 4 is 33.5 Å². The average Bonchev–Trinajstić information content (AvgIpc) is 3.09. The molecule has 0 unspecified atom stereocenters. The van der Waals surface area contributed by atoms with Gasteiger partial charge in [-0.15, -0.1) is 0 Å². The van der Waals surface area contributed by atoms with Crippen molar-refractivity contribution in [1.29, 1.82) is 0 Å². The number of hydrogen-bond acceptors (Lipinski definition) is 5. The van der Waals surface area contributed by atoms with Gasteiger partial charge >= 0.3 is 0 Å². The molecule has 1 amide bonds. The first kappa shape index (κ1) is 18.7. The number of nitrogens with two attached hydrogens (primary N) is 1. The number of benzene rings is 1. The van der Waals surface area contributed by atoms with Crippen LogP contribution in [0.5, 0.6) is 0 Å². The predicted molar refractivity (Wildman–Crippen MR) is 105 cm³/mol. The Hall–Kier alpha value is -3.62. The molecule has 1 aromatic carbocycles. The van der Waals surface area contributed by atoms with Gasteiger partial charge in [-0.25, -0.2) is 13.8 Å². The highest BCUT2D eigenvalue weighted by atomic mass is 19.1. The van der Waals surface area contributed by atoms with Crippen LogP contribution < -0.4 is 5.73 Å². The van der Waals surface area contributed by atoms with Gasteiger partial charge in [-0.3, -0.25) is 14.5 Å². The molecule has 0 saturated heterocycles. The lowest BCUT2D eigenvalue weighted by molar-refractivity contribution is 0.0746. The Balaban J connectivity index is 1.79. The zero-order chi connectivity index (χ0) is 20.7. The van der Waals surface area contributed by atoms with Crippen LogP contribution in [0, 0.1) is 11.6 Å². The van der Waals surface area contributed by atoms with E-state index in [4.69, 9.17) is 5.73 Å². The molecule has 0 radical (unpaired) electrons. The minimum Gasteiger partial charge on any atom is -0.383 e. The third kappa shape index (κ3) is 3.24. The quantitative estimate of drug-likeness (QED) is 0.573. The second-order valence-electron chi connectivity index (χ2n) is 6.66. The van der Waals surface area contributed by atoms with Crippen LogP contribution in [0.3, 0.4) is 0 Å². The number of fused-ring (bicyclic) bond motifs is 3. The number of anilines is 1. The van der Waals surface area contributed by atoms with Gasteiger partial charge < -0.3 is 10.6 Å². The summed E-state index contributed by atoms with van der Waals surface area (Å²) in [5, 5.41) is 5.40. The molecule has 0 fully saturated rings. The number of pyridine rings is 2. The predicted octanol–water partition coefficient (Wildman–Crippen LogP) is 3.04. The topological polar surface area (TPSA) is 89.9 Å². The van der Waals surface area contributed by atoms with Crippen molar-refractivity contribution in [3.8, 4) is 0 Å². The highest BCUT2D eigenvalue weighted by Crippen LogP contribution is 2.29. The van der Waals surface area contributed by atoms with Gasteiger partial charge in [0, 0.05) is 25.0 Å². The van der Waals surface area contributed by atoms with Crippen LogP contribution in [0.1, 0.15) is 23.0 Å². The van der Waals surface area contributed by atoms with Crippen LogP contribution in [0.25, 0.3) is 21.8 Å². The third-order valence-corrected chi connectivity index (χ3v) is 4.84. The van der Waals surface area contributed by atoms with E-state index >= 15 is 0 Å². The van der Waals surface area contributed by atoms with Gasteiger partial charge in [-0.2, -0.15) is 5.10 Å². The van der Waals surface area contributed by atoms with Crippen molar-refractivity contribution in [3.05, 3.63) is 59.6 Å². The lowest BCUT2D eigenvalue weighted by Gasteiger charge is -2.21. The largest absolute Gasteiger partial charge is 0.383 e. The summed E-state index contributed by atoms with van der Waals surface area (Å²) >= 11 is 0. The first-order valence-corrected chi connectivity index (χ1v) is 8.99. The van der Waals surface area contributed by atoms with Gasteiger partial charge in [-0.05, 0) is 25.1 Å². The maximum atomic E-state index is 14.8. The number of rotatable bonds is 4. The van der Waals surface area contributed by atoms with E-state index in [0.717, 1.165) is 6.20 Å². The minimum atomic E-state index is -0.693. The molecule has 0 aliphatic rings. The van der Waals surface area contributed by atoms with Gasteiger partial charge in [-0.1, -0.05) is 0 Å². The number of halogens is 2. The van der Waals surface area contributed by atoms with E-state index in [-0.39, 0.29) is 17.9 Å². The Morgan fingerprint density at radius 2 is 2.00 bits per heavy atom. The monoisotopic (exact) mass is 396 g/mol. The summed E-state index contributed by atoms with van der Waals surface area (Å²) in [6.07, 6.45) is 2.67. The second kappa shape index (κ2) is 7.08. The summed E-state index contributed by atoms with van der Waals surface area (Å²) in [6, 6.07) is 5.44. The molecule has 0 atom stereocenters. The van der Waals surface area contributed by atoms with E-state index in [9.17, 15) is 13.6 Å². The molecule has 3 aromatic heterocycles. The molecule has 4 aromatic rings. The molecule has 0 spiro atoms. The first-order valence-electron chi connectivity index (χ1n) is 8.99. The smallest absolute Gasteiger partial charge is 0.257 e. The van der Waals surface area contributed by atoms with Crippen molar-refractivity contribution in [2.24, 2.45) is 7.05 Å². The Morgan fingerprint density at radius 1 is 1.21 bits per heavy atom. The van der Waals surface area contributed by atoms with E-state index in [1.807, 2.05) is 0 Å². The molecule has 9 heteroatoms. The second-order valence-corrected chi connectivity index (χ2v) is 6.66. The van der Waals surface area contributed by atoms with Gasteiger partial charge in [0.1, 0.15) is 17.5 Å². The van der Waals surface area contributed by atoms with Gasteiger partial charge in [0.05, 0.1) is 46.6 Å². The third-order valence-electron chi connectivity index (χ3n) is 4.84. The molecule has 0 saturated carbocycles. The lowest BCUT2D eigenvalue weighted by Crippen LogP contribution is -2.31. The van der Waals surface area contributed by atoms with E-state index in [1.165, 1.54) is 29.2 Å². The number of carbonyl (C=O) groups is 1. The molecular formula is C20H18F2N6O. The minimum absolute atomic E-state index is 0.0875. The number of amides is 1. The maximum absolute atomic E-state index is 14.8. The molecule has 148 valence electrons. The Labute approximate surface area is 164 Å². The van der Waals surface area contributed by atoms with Crippen molar-refractivity contribution in [2.75, 3.05) is 12.3 Å². The molecule has 2 N–H and O–H groups in total. The summed E-state index contributed by atoms with van der Waals surface area (Å²) in [4.78, 5) is 22.7. The highest BCUT2D eigenvalue weighted by Gasteiger charge is 2.22. The summed E-state index contributed by atoms with van der Waals surface area (Å²) < 4.78 is 29.5. The SMILES string of the molecule is CCN(Cc1ccc(F)cn1)C(=O)c1cc2c(cc1F)nc(N)c1cnn(C)c12. The molecule has 0 aliphatic heterocycles. The Morgan fingerprint density at radius 3 is 2.69 bits per heavy atom. The lowest BCUT2D eigenvalue weighted by atomic mass is 10.1. The van der Waals surface area contributed by atoms with E-state index < -0.39 is 17.5 Å². The number of nitrogen functional groups attached to an aromatic ring is 1. The van der Waals surface area contributed by atoms with E-state index in [0.29, 0.717) is 34.0 Å². The fraction of sp³-hybridized carbons (Fsp3) is 0.200. The summed E-state index contributed by atoms with van der Waals surface area (Å²) in [7, 11) is 1.74. The van der Waals surface area contributed by atoms with Crippen molar-refractivity contribution < 1.29 is 13.6 Å². The zero-order valence-electron chi connectivity index (χ0n) is 15.9. The number of aromatic nitrogens is 4. The molecule has 29 heavy (non-hydrogen) atoms. The van der Waals surface area contributed by atoms with Crippen LogP contribution >= 0.6 is 0 Å². The normalized spacial score (nSPS) is 11.3. The summed E-state index contributed by atoms with van der Waals surface area (Å²) in [5.74, 6) is -1.40. The van der Waals surface area contributed by atoms with Crippen LogP contribution in [0.2, 0.25) is 0 Å². The molecule has 0 aliphatic carbocycles. The van der Waals surface area contributed by atoms with E-state index in [1.54, 1.807) is 24.9 Å². The van der Waals surface area contributed by atoms with Crippen LogP contribution in [0.15, 0.2) is 36.7 Å². The number of hydrogen-bond donors (Lipinski definition) is 1. The van der Waals surface area contributed by atoms with Gasteiger partial charge in [0.15, 0.2) is 0 Å². The summed E-state index contributed by atoms with van der Waals surface area (Å²) in [5.41, 5.74) is 7.39. The number of nitrogens with zero attached hydrogens (tertiary/aromatic N) is 5. The fourth-order valence-corrected chi connectivity index (χ4v) is 3.34. The van der Waals surface area contributed by atoms with Crippen LogP contribution in [-0.4, -0.2) is 37.1 Å². The maximum Gasteiger partial charge on any atom is 0.257 e. The molecular weight excluding hydrogens is 378 g/mol. The average molecular weight is 396 g/mol. The van der Waals surface area contributed by atoms with Crippen molar-refractivity contribution in [2.45, 2.75) is 13.5 Å². The Bertz CT molecular complexity index is 1240. The Kier molecular flexibility index (Phi) is 4.57. The molecule has 0 bridgehead atoms. The number of aryl methyl sites for hydroxylation is 1. The van der Waals surface area contributed by atoms with Crippen molar-refractivity contribution in [3.63, 3.8) is 0 Å². The first-order chi connectivity index (χ1) is 13.9. The van der Waals surface area contributed by atoms with Gasteiger partial charge in [0.2, 0.25) is 0 Å². The standard InChI is InChI=1S/C20H18F2N6O/c1-3-28(10-12-5-4-11(21)8-24-12)20(29)13-6-14-17(7-16(13)22)26-19(23)15-9-25-27(2)18(14)15/h4-9H,3,10H2,1-2H3,(H2,23,26).